The Bertz CT molecular complexity index is 1050. The van der Waals surface area contributed by atoms with Crippen LogP contribution in [0.3, 0.4) is 0 Å². The number of anilines is 1. The van der Waals surface area contributed by atoms with Gasteiger partial charge in [-0.25, -0.2) is 0 Å². The SMILES string of the molecule is Cc1ccc(C)c(NC(=O)CSc2nnc(Cc3ccc(Cl)cc3)c(=O)[nH]2)c1. The topological polar surface area (TPSA) is 87.7 Å². The average Bonchev–Trinajstić information content (AvgIpc) is 2.67. The fraction of sp³-hybridized carbons (Fsp3) is 0.200. The number of hydrogen-bond acceptors (Lipinski definition) is 5. The molecule has 0 aliphatic rings. The number of carbonyl (C=O) groups excluding carboxylic acids is 1. The molecule has 1 aromatic heterocycles. The molecule has 0 radical (unpaired) electrons. The minimum Gasteiger partial charge on any atom is -0.325 e. The highest BCUT2D eigenvalue weighted by Crippen LogP contribution is 2.18. The van der Waals surface area contributed by atoms with E-state index in [4.69, 9.17) is 11.6 Å². The van der Waals surface area contributed by atoms with Gasteiger partial charge in [0.1, 0.15) is 5.69 Å². The number of aromatic nitrogens is 3. The van der Waals surface area contributed by atoms with E-state index in [0.29, 0.717) is 22.3 Å². The zero-order valence-corrected chi connectivity index (χ0v) is 17.0. The molecule has 2 N–H and O–H groups in total. The van der Waals surface area contributed by atoms with Crippen LogP contribution in [0.2, 0.25) is 5.02 Å². The van der Waals surface area contributed by atoms with Crippen LogP contribution in [0.15, 0.2) is 52.4 Å². The van der Waals surface area contributed by atoms with E-state index in [1.807, 2.05) is 44.2 Å². The molecule has 0 unspecified atom stereocenters. The van der Waals surface area contributed by atoms with Crippen LogP contribution in [0.5, 0.6) is 0 Å². The number of H-pyrrole nitrogens is 1. The van der Waals surface area contributed by atoms with Crippen molar-refractivity contribution in [1.82, 2.24) is 15.2 Å². The Kier molecular flexibility index (Phi) is 6.49. The number of rotatable bonds is 6. The Morgan fingerprint density at radius 1 is 1.14 bits per heavy atom. The molecule has 1 heterocycles. The molecule has 3 aromatic rings. The fourth-order valence-corrected chi connectivity index (χ4v) is 3.24. The first-order chi connectivity index (χ1) is 13.4. The maximum atomic E-state index is 12.2. The second-order valence-electron chi connectivity index (χ2n) is 6.36. The lowest BCUT2D eigenvalue weighted by molar-refractivity contribution is -0.113. The van der Waals surface area contributed by atoms with Gasteiger partial charge >= 0.3 is 0 Å². The molecule has 1 amide bonds. The first kappa shape index (κ1) is 20.1. The Morgan fingerprint density at radius 2 is 1.89 bits per heavy atom. The summed E-state index contributed by atoms with van der Waals surface area (Å²) in [6, 6.07) is 13.1. The minimum atomic E-state index is -0.317. The van der Waals surface area contributed by atoms with Crippen LogP contribution in [0.1, 0.15) is 22.4 Å². The molecule has 3 rings (SSSR count). The minimum absolute atomic E-state index is 0.120. The van der Waals surface area contributed by atoms with Crippen molar-refractivity contribution in [3.05, 3.63) is 80.2 Å². The number of hydrogen-bond donors (Lipinski definition) is 2. The number of benzene rings is 2. The smallest absolute Gasteiger partial charge is 0.273 e. The number of nitrogens with zero attached hydrogens (tertiary/aromatic N) is 2. The van der Waals surface area contributed by atoms with Crippen molar-refractivity contribution in [2.45, 2.75) is 25.4 Å². The van der Waals surface area contributed by atoms with Crippen molar-refractivity contribution in [2.24, 2.45) is 0 Å². The lowest BCUT2D eigenvalue weighted by atomic mass is 10.1. The quantitative estimate of drug-likeness (QED) is 0.599. The first-order valence-electron chi connectivity index (χ1n) is 8.61. The van der Waals surface area contributed by atoms with Crippen LogP contribution in [0.25, 0.3) is 0 Å². The molecule has 0 atom stereocenters. The molecule has 2 aromatic carbocycles. The third kappa shape index (κ3) is 5.43. The Hall–Kier alpha value is -2.64. The molecule has 0 aliphatic carbocycles. The van der Waals surface area contributed by atoms with Crippen LogP contribution in [-0.2, 0) is 11.2 Å². The first-order valence-corrected chi connectivity index (χ1v) is 9.97. The van der Waals surface area contributed by atoms with Gasteiger partial charge < -0.3 is 5.32 Å². The molecule has 6 nitrogen and oxygen atoms in total. The second kappa shape index (κ2) is 9.03. The molecular formula is C20H19ClN4O2S. The summed E-state index contributed by atoms with van der Waals surface area (Å²) in [5, 5.41) is 11.8. The summed E-state index contributed by atoms with van der Waals surface area (Å²) in [7, 11) is 0. The van der Waals surface area contributed by atoms with E-state index < -0.39 is 0 Å². The summed E-state index contributed by atoms with van der Waals surface area (Å²) in [6.45, 7) is 3.90. The van der Waals surface area contributed by atoms with E-state index in [1.54, 1.807) is 12.1 Å². The third-order valence-electron chi connectivity index (χ3n) is 4.04. The lowest BCUT2D eigenvalue weighted by Crippen LogP contribution is -2.19. The van der Waals surface area contributed by atoms with E-state index in [9.17, 15) is 9.59 Å². The van der Waals surface area contributed by atoms with Gasteiger partial charge in [-0.2, -0.15) is 0 Å². The predicted octanol–water partition coefficient (Wildman–Crippen LogP) is 3.76. The highest BCUT2D eigenvalue weighted by atomic mass is 35.5. The third-order valence-corrected chi connectivity index (χ3v) is 5.15. The van der Waals surface area contributed by atoms with E-state index in [1.165, 1.54) is 0 Å². The number of carbonyl (C=O) groups is 1. The van der Waals surface area contributed by atoms with Gasteiger partial charge in [0.15, 0.2) is 5.16 Å². The Morgan fingerprint density at radius 3 is 2.61 bits per heavy atom. The van der Waals surface area contributed by atoms with Crippen LogP contribution in [0, 0.1) is 13.8 Å². The average molecular weight is 415 g/mol. The molecule has 28 heavy (non-hydrogen) atoms. The molecule has 0 fully saturated rings. The van der Waals surface area contributed by atoms with Crippen LogP contribution in [-0.4, -0.2) is 26.8 Å². The van der Waals surface area contributed by atoms with E-state index in [-0.39, 0.29) is 17.2 Å². The van der Waals surface area contributed by atoms with Gasteiger partial charge in [-0.15, -0.1) is 10.2 Å². The summed E-state index contributed by atoms with van der Waals surface area (Å²) in [6.07, 6.45) is 0.359. The van der Waals surface area contributed by atoms with Gasteiger partial charge in [-0.1, -0.05) is 47.6 Å². The molecular weight excluding hydrogens is 396 g/mol. The highest BCUT2D eigenvalue weighted by Gasteiger charge is 2.10. The summed E-state index contributed by atoms with van der Waals surface area (Å²) < 4.78 is 0. The Balaban J connectivity index is 1.59. The van der Waals surface area contributed by atoms with Crippen molar-refractivity contribution in [3.8, 4) is 0 Å². The molecule has 0 aliphatic heterocycles. The number of halogens is 1. The molecule has 8 heteroatoms. The molecule has 0 saturated heterocycles. The van der Waals surface area contributed by atoms with Crippen LogP contribution in [0.4, 0.5) is 5.69 Å². The van der Waals surface area contributed by atoms with Gasteiger partial charge in [0.2, 0.25) is 5.91 Å². The van der Waals surface area contributed by atoms with Crippen molar-refractivity contribution in [3.63, 3.8) is 0 Å². The summed E-state index contributed by atoms with van der Waals surface area (Å²) in [5.41, 5.74) is 3.75. The van der Waals surface area contributed by atoms with Crippen molar-refractivity contribution >= 4 is 35.0 Å². The normalized spacial score (nSPS) is 10.7. The Labute approximate surface area is 171 Å². The number of amides is 1. The van der Waals surface area contributed by atoms with Crippen molar-refractivity contribution in [2.75, 3.05) is 11.1 Å². The second-order valence-corrected chi connectivity index (χ2v) is 7.76. The van der Waals surface area contributed by atoms with E-state index in [0.717, 1.165) is 34.1 Å². The molecule has 0 saturated carbocycles. The van der Waals surface area contributed by atoms with E-state index >= 15 is 0 Å². The number of aromatic amines is 1. The zero-order valence-electron chi connectivity index (χ0n) is 15.5. The maximum Gasteiger partial charge on any atom is 0.273 e. The summed E-state index contributed by atoms with van der Waals surface area (Å²) >= 11 is 6.99. The molecule has 0 bridgehead atoms. The van der Waals surface area contributed by atoms with Crippen LogP contribution >= 0.6 is 23.4 Å². The lowest BCUT2D eigenvalue weighted by Gasteiger charge is -2.09. The largest absolute Gasteiger partial charge is 0.325 e. The van der Waals surface area contributed by atoms with Gasteiger partial charge in [0.05, 0.1) is 5.75 Å². The highest BCUT2D eigenvalue weighted by molar-refractivity contribution is 7.99. The van der Waals surface area contributed by atoms with Gasteiger partial charge in [0.25, 0.3) is 5.56 Å². The number of aryl methyl sites for hydroxylation is 2. The number of thioether (sulfide) groups is 1. The monoisotopic (exact) mass is 414 g/mol. The zero-order chi connectivity index (χ0) is 20.1. The predicted molar refractivity (Wildman–Crippen MR) is 112 cm³/mol. The van der Waals surface area contributed by atoms with Gasteiger partial charge in [-0.3, -0.25) is 14.6 Å². The molecule has 144 valence electrons. The standard InChI is InChI=1S/C20H19ClN4O2S/c1-12-3-4-13(2)16(9-12)22-18(26)11-28-20-23-19(27)17(24-25-20)10-14-5-7-15(21)8-6-14/h3-9H,10-11H2,1-2H3,(H,22,26)(H,23,25,27). The van der Waals surface area contributed by atoms with Gasteiger partial charge in [-0.05, 0) is 48.7 Å². The number of nitrogens with one attached hydrogen (secondary N) is 2. The molecule has 0 spiro atoms. The van der Waals surface area contributed by atoms with Crippen LogP contribution < -0.4 is 10.9 Å². The summed E-state index contributed by atoms with van der Waals surface area (Å²) in [5.74, 6) is -0.0549. The fourth-order valence-electron chi connectivity index (χ4n) is 2.51. The maximum absolute atomic E-state index is 12.2. The van der Waals surface area contributed by atoms with E-state index in [2.05, 4.69) is 20.5 Å². The van der Waals surface area contributed by atoms with Gasteiger partial charge in [0, 0.05) is 17.1 Å². The van der Waals surface area contributed by atoms with Crippen molar-refractivity contribution < 1.29 is 4.79 Å². The summed E-state index contributed by atoms with van der Waals surface area (Å²) in [4.78, 5) is 27.1. The van der Waals surface area contributed by atoms with Crippen molar-refractivity contribution in [1.29, 1.82) is 0 Å².